The van der Waals surface area contributed by atoms with Crippen LogP contribution in [0.5, 0.6) is 0 Å². The molecule has 3 aliphatic rings. The van der Waals surface area contributed by atoms with Crippen LogP contribution >= 0.6 is 11.8 Å². The van der Waals surface area contributed by atoms with E-state index in [0.717, 1.165) is 49.7 Å². The van der Waals surface area contributed by atoms with Crippen molar-refractivity contribution in [2.45, 2.75) is 43.8 Å². The Kier molecular flexibility index (Phi) is 7.18. The number of anilines is 1. The molecule has 4 rings (SSSR count). The number of morpholine rings is 1. The Morgan fingerprint density at radius 1 is 1.23 bits per heavy atom. The van der Waals surface area contributed by atoms with E-state index in [9.17, 15) is 15.0 Å². The van der Waals surface area contributed by atoms with E-state index in [0.29, 0.717) is 11.7 Å². The van der Waals surface area contributed by atoms with E-state index in [1.165, 1.54) is 11.8 Å². The van der Waals surface area contributed by atoms with Crippen molar-refractivity contribution >= 4 is 28.5 Å². The first-order chi connectivity index (χ1) is 14.9. The van der Waals surface area contributed by atoms with E-state index in [-0.39, 0.29) is 17.6 Å². The maximum Gasteiger partial charge on any atom is 0.224 e. The van der Waals surface area contributed by atoms with Gasteiger partial charge >= 0.3 is 0 Å². The van der Waals surface area contributed by atoms with Crippen molar-refractivity contribution < 1.29 is 19.7 Å². The van der Waals surface area contributed by atoms with Gasteiger partial charge in [0.2, 0.25) is 5.91 Å². The smallest absolute Gasteiger partial charge is 0.224 e. The van der Waals surface area contributed by atoms with Gasteiger partial charge in [-0.1, -0.05) is 17.8 Å². The van der Waals surface area contributed by atoms with Gasteiger partial charge in [0.1, 0.15) is 6.10 Å². The van der Waals surface area contributed by atoms with Gasteiger partial charge in [0, 0.05) is 37.1 Å². The Morgan fingerprint density at radius 2 is 1.94 bits per heavy atom. The number of hydrogen-bond acceptors (Lipinski definition) is 8. The lowest BCUT2D eigenvalue weighted by Gasteiger charge is -2.37. The molecule has 1 aromatic carbocycles. The van der Waals surface area contributed by atoms with Crippen molar-refractivity contribution in [2.75, 3.05) is 44.7 Å². The Balaban J connectivity index is 1.38. The number of fused-ring (bicyclic) bond motifs is 1. The van der Waals surface area contributed by atoms with Crippen LogP contribution in [0.2, 0.25) is 0 Å². The molecule has 1 aliphatic carbocycles. The number of aliphatic imine (C=N–C) groups is 1. The summed E-state index contributed by atoms with van der Waals surface area (Å²) in [5, 5.41) is 27.7. The van der Waals surface area contributed by atoms with Gasteiger partial charge in [-0.05, 0) is 43.5 Å². The average molecular weight is 449 g/mol. The van der Waals surface area contributed by atoms with E-state index >= 15 is 0 Å². The molecule has 4 N–H and O–H groups in total. The quantitative estimate of drug-likeness (QED) is 0.527. The number of benzene rings is 1. The first-order valence-electron chi connectivity index (χ1n) is 10.9. The van der Waals surface area contributed by atoms with Crippen molar-refractivity contribution in [3.8, 4) is 0 Å². The second kappa shape index (κ2) is 9.87. The summed E-state index contributed by atoms with van der Waals surface area (Å²) in [5.41, 5.74) is 3.23. The molecule has 0 aromatic heterocycles. The molecule has 5 unspecified atom stereocenters. The molecule has 0 spiro atoms. The number of nitrogens with zero attached hydrogens (tertiary/aromatic N) is 2. The van der Waals surface area contributed by atoms with E-state index in [2.05, 4.69) is 26.6 Å². The van der Waals surface area contributed by atoms with Gasteiger partial charge in [0.25, 0.3) is 0 Å². The van der Waals surface area contributed by atoms with Crippen LogP contribution in [-0.2, 0) is 9.53 Å². The predicted octanol–water partition coefficient (Wildman–Crippen LogP) is 0.745. The standard InChI is InChI=1S/C22H32N4O4S/c1-13-9-14(2)11-15(10-13)24-22-25-18-19(28)17(27)12-16(20(18)31-22)21(29)23-3-4-26-5-7-30-8-6-26/h9-11,16-20,27-28H,3-8,12H2,1-2H3,(H,23,29)(H,24,25). The van der Waals surface area contributed by atoms with Gasteiger partial charge < -0.3 is 25.6 Å². The summed E-state index contributed by atoms with van der Waals surface area (Å²) >= 11 is 1.48. The first kappa shape index (κ1) is 22.5. The highest BCUT2D eigenvalue weighted by Crippen LogP contribution is 2.41. The highest BCUT2D eigenvalue weighted by atomic mass is 32.2. The number of aryl methyl sites for hydroxylation is 2. The second-order valence-corrected chi connectivity index (χ2v) is 9.82. The first-order valence-corrected chi connectivity index (χ1v) is 11.8. The van der Waals surface area contributed by atoms with Gasteiger partial charge in [-0.2, -0.15) is 0 Å². The Hall–Kier alpha value is -1.65. The van der Waals surface area contributed by atoms with Gasteiger partial charge in [0.15, 0.2) is 5.17 Å². The lowest BCUT2D eigenvalue weighted by Crippen LogP contribution is -2.54. The summed E-state index contributed by atoms with van der Waals surface area (Å²) in [6, 6.07) is 5.68. The van der Waals surface area contributed by atoms with Crippen molar-refractivity contribution in [2.24, 2.45) is 10.9 Å². The minimum absolute atomic E-state index is 0.0791. The molecule has 9 heteroatoms. The van der Waals surface area contributed by atoms with Crippen LogP contribution in [0.25, 0.3) is 0 Å². The maximum atomic E-state index is 13.0. The zero-order chi connectivity index (χ0) is 22.0. The monoisotopic (exact) mass is 448 g/mol. The summed E-state index contributed by atoms with van der Waals surface area (Å²) < 4.78 is 5.36. The third-order valence-electron chi connectivity index (χ3n) is 6.13. The summed E-state index contributed by atoms with van der Waals surface area (Å²) in [6.45, 7) is 8.65. The molecule has 2 aliphatic heterocycles. The minimum atomic E-state index is -0.964. The number of aliphatic hydroxyl groups excluding tert-OH is 2. The molecule has 5 atom stereocenters. The van der Waals surface area contributed by atoms with E-state index in [1.54, 1.807) is 0 Å². The largest absolute Gasteiger partial charge is 0.390 e. The molecule has 1 amide bonds. The highest BCUT2D eigenvalue weighted by Gasteiger charge is 2.50. The number of carbonyl (C=O) groups is 1. The Labute approximate surface area is 187 Å². The number of carbonyl (C=O) groups excluding carboxylic acids is 1. The van der Waals surface area contributed by atoms with Gasteiger partial charge in [-0.3, -0.25) is 14.7 Å². The number of rotatable bonds is 5. The second-order valence-electron chi connectivity index (χ2n) is 8.65. The zero-order valence-electron chi connectivity index (χ0n) is 18.1. The van der Waals surface area contributed by atoms with Crippen molar-refractivity contribution in [3.63, 3.8) is 0 Å². The number of hydrogen-bond donors (Lipinski definition) is 4. The van der Waals surface area contributed by atoms with Crippen LogP contribution in [0.3, 0.4) is 0 Å². The number of nitrogens with one attached hydrogen (secondary N) is 2. The van der Waals surface area contributed by atoms with Crippen molar-refractivity contribution in [3.05, 3.63) is 29.3 Å². The van der Waals surface area contributed by atoms with Crippen LogP contribution in [0.4, 0.5) is 5.69 Å². The van der Waals surface area contributed by atoms with Crippen LogP contribution in [-0.4, -0.2) is 89.1 Å². The molecular formula is C22H32N4O4S. The Bertz CT molecular complexity index is 809. The molecule has 8 nitrogen and oxygen atoms in total. The van der Waals surface area contributed by atoms with Crippen molar-refractivity contribution in [1.29, 1.82) is 0 Å². The summed E-state index contributed by atoms with van der Waals surface area (Å²) in [5.74, 6) is -0.482. The predicted molar refractivity (Wildman–Crippen MR) is 123 cm³/mol. The number of aliphatic hydroxyl groups is 2. The lowest BCUT2D eigenvalue weighted by atomic mass is 9.81. The molecule has 1 saturated carbocycles. The van der Waals surface area contributed by atoms with Crippen LogP contribution < -0.4 is 10.6 Å². The molecule has 31 heavy (non-hydrogen) atoms. The fraction of sp³-hybridized carbons (Fsp3) is 0.636. The van der Waals surface area contributed by atoms with Crippen molar-refractivity contribution in [1.82, 2.24) is 10.2 Å². The summed E-state index contributed by atoms with van der Waals surface area (Å²) in [7, 11) is 0. The number of amidine groups is 1. The SMILES string of the molecule is Cc1cc(C)cc(NC2=NC3C(O)C(O)CC(C(=O)NCCN4CCOCC4)C3S2)c1. The topological polar surface area (TPSA) is 106 Å². The zero-order valence-corrected chi connectivity index (χ0v) is 18.9. The van der Waals surface area contributed by atoms with Crippen LogP contribution in [0.15, 0.2) is 23.2 Å². The summed E-state index contributed by atoms with van der Waals surface area (Å²) in [4.78, 5) is 19.9. The molecular weight excluding hydrogens is 416 g/mol. The Morgan fingerprint density at radius 3 is 2.65 bits per heavy atom. The normalized spacial score (nSPS) is 31.1. The van der Waals surface area contributed by atoms with E-state index in [1.807, 2.05) is 26.0 Å². The molecule has 1 saturated heterocycles. The van der Waals surface area contributed by atoms with Crippen LogP contribution in [0, 0.1) is 19.8 Å². The fourth-order valence-electron chi connectivity index (χ4n) is 4.57. The number of amides is 1. The number of thioether (sulfide) groups is 1. The summed E-state index contributed by atoms with van der Waals surface area (Å²) in [6.07, 6.45) is -1.68. The maximum absolute atomic E-state index is 13.0. The number of ether oxygens (including phenoxy) is 1. The van der Waals surface area contributed by atoms with E-state index in [4.69, 9.17) is 4.74 Å². The van der Waals surface area contributed by atoms with E-state index < -0.39 is 24.2 Å². The lowest BCUT2D eigenvalue weighted by molar-refractivity contribution is -0.129. The highest BCUT2D eigenvalue weighted by molar-refractivity contribution is 8.15. The molecule has 1 aromatic rings. The van der Waals surface area contributed by atoms with Gasteiger partial charge in [-0.15, -0.1) is 0 Å². The third-order valence-corrected chi connectivity index (χ3v) is 7.44. The molecule has 0 bridgehead atoms. The molecule has 0 radical (unpaired) electrons. The van der Waals surface area contributed by atoms with Gasteiger partial charge in [0.05, 0.1) is 31.3 Å². The average Bonchev–Trinajstić information content (AvgIpc) is 3.14. The molecule has 170 valence electrons. The fourth-order valence-corrected chi connectivity index (χ4v) is 5.95. The third kappa shape index (κ3) is 5.40. The van der Waals surface area contributed by atoms with Gasteiger partial charge in [-0.25, -0.2) is 0 Å². The minimum Gasteiger partial charge on any atom is -0.390 e. The van der Waals surface area contributed by atoms with Crippen LogP contribution in [0.1, 0.15) is 17.5 Å². The molecule has 2 fully saturated rings. The molecule has 2 heterocycles.